The molecule has 0 heteroatoms. The van der Waals surface area contributed by atoms with E-state index in [0.717, 1.165) is 12.8 Å². The molecule has 0 aliphatic carbocycles. The van der Waals surface area contributed by atoms with Gasteiger partial charge in [0.05, 0.1) is 0 Å². The molecule has 0 N–H and O–H groups in total. The highest BCUT2D eigenvalue weighted by atomic mass is 13.8. The van der Waals surface area contributed by atoms with Gasteiger partial charge in [0.15, 0.2) is 0 Å². The zero-order valence-electron chi connectivity index (χ0n) is 4.49. The molecule has 0 aliphatic heterocycles. The van der Waals surface area contributed by atoms with E-state index in [1.807, 2.05) is 0 Å². The van der Waals surface area contributed by atoms with Crippen molar-refractivity contribution in [1.82, 2.24) is 0 Å². The van der Waals surface area contributed by atoms with Crippen molar-refractivity contribution in [3.8, 4) is 0 Å². The summed E-state index contributed by atoms with van der Waals surface area (Å²) in [4.78, 5) is 0. The van der Waals surface area contributed by atoms with Crippen LogP contribution in [0.25, 0.3) is 0 Å². The molecule has 0 unspecified atom stereocenters. The summed E-state index contributed by atoms with van der Waals surface area (Å²) >= 11 is 0. The minimum absolute atomic E-state index is 1.05. The highest BCUT2D eigenvalue weighted by Crippen LogP contribution is 1.92. The standard InChI is InChI=1S/C6H11/c1-3-5-6-4-2/h5H,3-4H2,1-2H3. The maximum atomic E-state index is 3.07. The number of hydrogen-bond acceptors (Lipinski definition) is 0. The molecule has 0 nitrogen and oxygen atoms in total. The summed E-state index contributed by atoms with van der Waals surface area (Å²) in [6, 6.07) is 0. The van der Waals surface area contributed by atoms with Gasteiger partial charge in [-0.25, -0.2) is 0 Å². The molecule has 0 aromatic carbocycles. The molecular weight excluding hydrogens is 72.1 g/mol. The molecule has 0 atom stereocenters. The quantitative estimate of drug-likeness (QED) is 0.458. The second-order valence-corrected chi connectivity index (χ2v) is 1.17. The van der Waals surface area contributed by atoms with Crippen LogP contribution in [0.1, 0.15) is 26.7 Å². The van der Waals surface area contributed by atoms with Gasteiger partial charge in [0.2, 0.25) is 0 Å². The first-order valence-corrected chi connectivity index (χ1v) is 2.46. The maximum absolute atomic E-state index is 3.07. The lowest BCUT2D eigenvalue weighted by Gasteiger charge is -1.84. The lowest BCUT2D eigenvalue weighted by molar-refractivity contribution is 1.02. The van der Waals surface area contributed by atoms with Crippen molar-refractivity contribution in [3.05, 3.63) is 12.8 Å². The van der Waals surface area contributed by atoms with E-state index in [1.165, 1.54) is 0 Å². The minimum atomic E-state index is 1.05. The van der Waals surface area contributed by atoms with E-state index < -0.39 is 0 Å². The second kappa shape index (κ2) is 5.00. The molecule has 6 heavy (non-hydrogen) atoms. The Balaban J connectivity index is 2.34. The predicted octanol–water partition coefficient (Wildman–Crippen LogP) is 2.09. The Morgan fingerprint density at radius 3 is 2.33 bits per heavy atom. The summed E-state index contributed by atoms with van der Waals surface area (Å²) in [5.74, 6) is 0. The molecule has 0 fully saturated rings. The summed E-state index contributed by atoms with van der Waals surface area (Å²) in [6.07, 6.45) is 7.30. The van der Waals surface area contributed by atoms with Crippen molar-refractivity contribution < 1.29 is 0 Å². The Bertz CT molecular complexity index is 12.0. The third-order valence-corrected chi connectivity index (χ3v) is 0.553. The molecule has 0 aliphatic rings. The Morgan fingerprint density at radius 1 is 1.50 bits per heavy atom. The molecule has 0 bridgehead atoms. The topological polar surface area (TPSA) is 0 Å². The van der Waals surface area contributed by atoms with Crippen molar-refractivity contribution in [2.45, 2.75) is 26.7 Å². The first-order valence-electron chi connectivity index (χ1n) is 2.46. The third kappa shape index (κ3) is 4.00. The van der Waals surface area contributed by atoms with Crippen molar-refractivity contribution in [1.29, 1.82) is 0 Å². The largest absolute Gasteiger partial charge is 0.0651 e. The average Bonchev–Trinajstić information content (AvgIpc) is 1.61. The fraction of sp³-hybridized carbons (Fsp3) is 0.667. The zero-order valence-corrected chi connectivity index (χ0v) is 4.49. The Labute approximate surface area is 40.6 Å². The molecule has 0 amide bonds. The second-order valence-electron chi connectivity index (χ2n) is 1.17. The van der Waals surface area contributed by atoms with Gasteiger partial charge in [-0.1, -0.05) is 20.3 Å². The first kappa shape index (κ1) is 6.00. The van der Waals surface area contributed by atoms with E-state index in [0.29, 0.717) is 0 Å². The van der Waals surface area contributed by atoms with E-state index in [2.05, 4.69) is 26.7 Å². The van der Waals surface area contributed by atoms with Crippen molar-refractivity contribution in [2.24, 2.45) is 0 Å². The van der Waals surface area contributed by atoms with Gasteiger partial charge in [-0.3, -0.25) is 0 Å². The molecule has 3 radical (unpaired) electrons. The first-order chi connectivity index (χ1) is 2.91. The zero-order chi connectivity index (χ0) is 4.83. The maximum Gasteiger partial charge on any atom is -0.0140 e. The van der Waals surface area contributed by atoms with E-state index in [-0.39, 0.29) is 0 Å². The van der Waals surface area contributed by atoms with Gasteiger partial charge in [-0.05, 0) is 19.3 Å². The summed E-state index contributed by atoms with van der Waals surface area (Å²) in [5, 5.41) is 0. The number of unbranched alkanes of at least 4 members (excludes halogenated alkanes) is 3. The number of rotatable bonds is 3. The predicted molar refractivity (Wildman–Crippen MR) is 28.1 cm³/mol. The molecule has 0 aromatic heterocycles. The summed E-state index contributed by atoms with van der Waals surface area (Å²) < 4.78 is 0. The van der Waals surface area contributed by atoms with Crippen LogP contribution >= 0.6 is 0 Å². The fourth-order valence-electron chi connectivity index (χ4n) is 0.289. The van der Waals surface area contributed by atoms with Crippen LogP contribution in [0, 0.1) is 12.8 Å². The summed E-state index contributed by atoms with van der Waals surface area (Å²) in [6.45, 7) is 4.20. The Morgan fingerprint density at radius 2 is 2.17 bits per heavy atom. The van der Waals surface area contributed by atoms with E-state index in [1.54, 1.807) is 0 Å². The molecule has 35 valence electrons. The molecule has 0 rings (SSSR count). The van der Waals surface area contributed by atoms with Crippen molar-refractivity contribution in [2.75, 3.05) is 0 Å². The van der Waals surface area contributed by atoms with Crippen LogP contribution in [0.15, 0.2) is 0 Å². The van der Waals surface area contributed by atoms with E-state index in [9.17, 15) is 0 Å². The molecule has 0 aromatic rings. The van der Waals surface area contributed by atoms with Crippen LogP contribution < -0.4 is 0 Å². The van der Waals surface area contributed by atoms with Crippen LogP contribution in [0.2, 0.25) is 0 Å². The van der Waals surface area contributed by atoms with Crippen molar-refractivity contribution >= 4 is 0 Å². The van der Waals surface area contributed by atoms with Gasteiger partial charge in [-0.2, -0.15) is 0 Å². The van der Waals surface area contributed by atoms with Gasteiger partial charge < -0.3 is 0 Å². The lowest BCUT2D eigenvalue weighted by Crippen LogP contribution is -1.69. The smallest absolute Gasteiger partial charge is 0.0140 e. The van der Waals surface area contributed by atoms with Crippen LogP contribution in [-0.2, 0) is 0 Å². The lowest BCUT2D eigenvalue weighted by atomic mass is 10.2. The Kier molecular flexibility index (Phi) is 5.00. The highest BCUT2D eigenvalue weighted by Gasteiger charge is 1.77. The monoisotopic (exact) mass is 83.1 g/mol. The van der Waals surface area contributed by atoms with Crippen LogP contribution in [0.5, 0.6) is 0 Å². The van der Waals surface area contributed by atoms with Gasteiger partial charge in [0.25, 0.3) is 0 Å². The van der Waals surface area contributed by atoms with Gasteiger partial charge in [0, 0.05) is 0 Å². The summed E-state index contributed by atoms with van der Waals surface area (Å²) in [5.41, 5.74) is 0. The SMILES string of the molecule is CC[C][CH]CC. The van der Waals surface area contributed by atoms with E-state index in [4.69, 9.17) is 0 Å². The summed E-state index contributed by atoms with van der Waals surface area (Å²) in [7, 11) is 0. The number of hydrogen-bond donors (Lipinski definition) is 0. The average molecular weight is 83.2 g/mol. The van der Waals surface area contributed by atoms with E-state index >= 15 is 0 Å². The van der Waals surface area contributed by atoms with Gasteiger partial charge in [0.1, 0.15) is 0 Å². The van der Waals surface area contributed by atoms with Crippen LogP contribution in [-0.4, -0.2) is 0 Å². The Hall–Kier alpha value is 0. The van der Waals surface area contributed by atoms with Gasteiger partial charge in [-0.15, -0.1) is 0 Å². The molecule has 0 saturated heterocycles. The van der Waals surface area contributed by atoms with Crippen LogP contribution in [0.4, 0.5) is 0 Å². The third-order valence-electron chi connectivity index (χ3n) is 0.553. The molecular formula is C6H11. The normalized spacial score (nSPS) is 9.00. The molecule has 0 spiro atoms. The fourth-order valence-corrected chi connectivity index (χ4v) is 0.289. The molecule has 0 saturated carbocycles. The van der Waals surface area contributed by atoms with Gasteiger partial charge >= 0.3 is 0 Å². The minimum Gasteiger partial charge on any atom is -0.0651 e. The highest BCUT2D eigenvalue weighted by molar-refractivity contribution is 4.79. The van der Waals surface area contributed by atoms with Crippen LogP contribution in [0.3, 0.4) is 0 Å². The molecule has 0 heterocycles. The van der Waals surface area contributed by atoms with Crippen molar-refractivity contribution in [3.63, 3.8) is 0 Å².